The maximum absolute atomic E-state index is 12.4. The number of thiazole rings is 1. The zero-order chi connectivity index (χ0) is 18.0. The molecule has 130 valence electrons. The molecule has 3 aromatic rings. The fraction of sp³-hybridized carbons (Fsp3) is 0.263. The molecule has 0 saturated carbocycles. The Kier molecular flexibility index (Phi) is 5.27. The summed E-state index contributed by atoms with van der Waals surface area (Å²) in [5.41, 5.74) is 1.88. The summed E-state index contributed by atoms with van der Waals surface area (Å²) in [6, 6.07) is 5.76. The van der Waals surface area contributed by atoms with Gasteiger partial charge in [-0.25, -0.2) is 4.98 Å². The molecular formula is C19H19ClN2OS2. The Labute approximate surface area is 160 Å². The van der Waals surface area contributed by atoms with Gasteiger partial charge in [0.05, 0.1) is 12.1 Å². The quantitative estimate of drug-likeness (QED) is 0.521. The van der Waals surface area contributed by atoms with Crippen LogP contribution in [0.25, 0.3) is 10.1 Å². The molecule has 2 heterocycles. The highest BCUT2D eigenvalue weighted by molar-refractivity contribution is 7.17. The first-order chi connectivity index (χ1) is 11.9. The average Bonchev–Trinajstić information content (AvgIpc) is 3.15. The lowest BCUT2D eigenvalue weighted by Gasteiger charge is -2.19. The van der Waals surface area contributed by atoms with Gasteiger partial charge in [0.2, 0.25) is 5.91 Å². The Bertz CT molecular complexity index is 927. The van der Waals surface area contributed by atoms with Gasteiger partial charge in [-0.3, -0.25) is 4.79 Å². The number of halogens is 1. The van der Waals surface area contributed by atoms with Crippen LogP contribution in [0, 0.1) is 0 Å². The maximum atomic E-state index is 12.4. The molecule has 0 saturated heterocycles. The van der Waals surface area contributed by atoms with E-state index >= 15 is 0 Å². The number of rotatable bonds is 6. The van der Waals surface area contributed by atoms with Gasteiger partial charge in [-0.15, -0.1) is 29.3 Å². The van der Waals surface area contributed by atoms with Gasteiger partial charge in [0.25, 0.3) is 0 Å². The third-order valence-corrected chi connectivity index (χ3v) is 6.07. The number of amides is 1. The summed E-state index contributed by atoms with van der Waals surface area (Å²) in [6.45, 7) is 8.04. The normalized spacial score (nSPS) is 11.6. The van der Waals surface area contributed by atoms with Crippen LogP contribution in [0.4, 0.5) is 5.13 Å². The van der Waals surface area contributed by atoms with Gasteiger partial charge in [0.15, 0.2) is 5.13 Å². The lowest BCUT2D eigenvalue weighted by atomic mass is 9.86. The number of nitrogens with zero attached hydrogens (tertiary/aromatic N) is 1. The lowest BCUT2D eigenvalue weighted by Crippen LogP contribution is -2.17. The van der Waals surface area contributed by atoms with E-state index in [9.17, 15) is 4.79 Å². The van der Waals surface area contributed by atoms with Crippen molar-refractivity contribution >= 4 is 55.4 Å². The molecule has 0 fully saturated rings. The largest absolute Gasteiger partial charge is 0.302 e. The van der Waals surface area contributed by atoms with Gasteiger partial charge < -0.3 is 5.32 Å². The second kappa shape index (κ2) is 7.28. The topological polar surface area (TPSA) is 42.0 Å². The number of carbonyl (C=O) groups excluding carboxylic acids is 1. The van der Waals surface area contributed by atoms with Gasteiger partial charge in [-0.2, -0.15) is 0 Å². The number of nitrogens with one attached hydrogen (secondary N) is 1. The molecule has 1 aromatic carbocycles. The van der Waals surface area contributed by atoms with Crippen LogP contribution in [0.15, 0.2) is 41.6 Å². The Hall–Kier alpha value is -1.69. The molecule has 0 spiro atoms. The number of fused-ring (bicyclic) bond motifs is 1. The number of aromatic nitrogens is 1. The zero-order valence-corrected chi connectivity index (χ0v) is 16.5. The summed E-state index contributed by atoms with van der Waals surface area (Å²) in [5.74, 6) is -0.0675. The third-order valence-electron chi connectivity index (χ3n) is 4.07. The average molecular weight is 391 g/mol. The number of anilines is 1. The van der Waals surface area contributed by atoms with E-state index in [1.54, 1.807) is 11.3 Å². The van der Waals surface area contributed by atoms with Crippen molar-refractivity contribution in [3.63, 3.8) is 0 Å². The number of hydrogen-bond donors (Lipinski definition) is 1. The van der Waals surface area contributed by atoms with Crippen LogP contribution >= 0.6 is 34.3 Å². The number of allylic oxidation sites excluding steroid dienone is 1. The molecule has 1 amide bonds. The van der Waals surface area contributed by atoms with Crippen LogP contribution in [0.2, 0.25) is 5.02 Å². The molecule has 3 nitrogen and oxygen atoms in total. The number of benzene rings is 1. The van der Waals surface area contributed by atoms with Crippen molar-refractivity contribution < 1.29 is 4.79 Å². The zero-order valence-electron chi connectivity index (χ0n) is 14.1. The molecule has 0 aliphatic heterocycles. The summed E-state index contributed by atoms with van der Waals surface area (Å²) in [4.78, 5) is 17.0. The first kappa shape index (κ1) is 18.1. The Morgan fingerprint density at radius 1 is 1.36 bits per heavy atom. The van der Waals surface area contributed by atoms with Gasteiger partial charge >= 0.3 is 0 Å². The van der Waals surface area contributed by atoms with E-state index < -0.39 is 0 Å². The van der Waals surface area contributed by atoms with E-state index in [-0.39, 0.29) is 11.3 Å². The smallest absolute Gasteiger partial charge is 0.230 e. The van der Waals surface area contributed by atoms with Crippen LogP contribution < -0.4 is 5.32 Å². The third kappa shape index (κ3) is 4.11. The van der Waals surface area contributed by atoms with Crippen LogP contribution in [-0.2, 0) is 16.6 Å². The van der Waals surface area contributed by atoms with Crippen molar-refractivity contribution in [1.82, 2.24) is 4.98 Å². The Morgan fingerprint density at radius 3 is 2.92 bits per heavy atom. The molecule has 0 unspecified atom stereocenters. The van der Waals surface area contributed by atoms with Crippen molar-refractivity contribution in [2.75, 3.05) is 5.32 Å². The fourth-order valence-electron chi connectivity index (χ4n) is 2.63. The van der Waals surface area contributed by atoms with E-state index in [2.05, 4.69) is 30.7 Å². The molecule has 0 atom stereocenters. The van der Waals surface area contributed by atoms with E-state index in [0.717, 1.165) is 27.8 Å². The number of thiophene rings is 1. The Morgan fingerprint density at radius 2 is 2.16 bits per heavy atom. The summed E-state index contributed by atoms with van der Waals surface area (Å²) in [6.07, 6.45) is 3.04. The van der Waals surface area contributed by atoms with Crippen LogP contribution in [0.1, 0.15) is 31.5 Å². The predicted octanol–water partition coefficient (Wildman–Crippen LogP) is 6.05. The highest BCUT2D eigenvalue weighted by Crippen LogP contribution is 2.31. The standard InChI is InChI=1S/C19H19ClN2OS2/c1-4-7-19(2,3)16-11-25-18(21-16)22-17(23)8-12-10-24-15-6-5-13(20)9-14(12)15/h4-6,9-11H,1,7-8H2,2-3H3,(H,21,22,23). The minimum atomic E-state index is -0.0818. The van der Waals surface area contributed by atoms with Gasteiger partial charge in [-0.1, -0.05) is 31.5 Å². The molecule has 1 N–H and O–H groups in total. The minimum Gasteiger partial charge on any atom is -0.302 e. The molecule has 25 heavy (non-hydrogen) atoms. The first-order valence-electron chi connectivity index (χ1n) is 7.91. The second-order valence-electron chi connectivity index (χ2n) is 6.54. The fourth-order valence-corrected chi connectivity index (χ4v) is 4.67. The highest BCUT2D eigenvalue weighted by atomic mass is 35.5. The molecule has 0 radical (unpaired) electrons. The van der Waals surface area contributed by atoms with Crippen molar-refractivity contribution in [3.8, 4) is 0 Å². The predicted molar refractivity (Wildman–Crippen MR) is 109 cm³/mol. The Balaban J connectivity index is 1.71. The van der Waals surface area contributed by atoms with Gasteiger partial charge in [0, 0.05) is 20.5 Å². The van der Waals surface area contributed by atoms with E-state index in [1.165, 1.54) is 11.3 Å². The maximum Gasteiger partial charge on any atom is 0.230 e. The molecular weight excluding hydrogens is 372 g/mol. The van der Waals surface area contributed by atoms with Crippen LogP contribution in [0.5, 0.6) is 0 Å². The lowest BCUT2D eigenvalue weighted by molar-refractivity contribution is -0.115. The van der Waals surface area contributed by atoms with Gasteiger partial charge in [0.1, 0.15) is 0 Å². The van der Waals surface area contributed by atoms with Crippen molar-refractivity contribution in [2.45, 2.75) is 32.1 Å². The van der Waals surface area contributed by atoms with Crippen molar-refractivity contribution in [3.05, 3.63) is 57.9 Å². The number of hydrogen-bond acceptors (Lipinski definition) is 4. The summed E-state index contributed by atoms with van der Waals surface area (Å²) >= 11 is 9.15. The first-order valence-corrected chi connectivity index (χ1v) is 10.0. The molecule has 0 aliphatic rings. The summed E-state index contributed by atoms with van der Waals surface area (Å²) < 4.78 is 1.13. The molecule has 2 aromatic heterocycles. The van der Waals surface area contributed by atoms with E-state index in [4.69, 9.17) is 11.6 Å². The van der Waals surface area contributed by atoms with E-state index in [1.807, 2.05) is 35.0 Å². The second-order valence-corrected chi connectivity index (χ2v) is 8.75. The minimum absolute atomic E-state index is 0.0675. The van der Waals surface area contributed by atoms with Gasteiger partial charge in [-0.05, 0) is 40.9 Å². The number of carbonyl (C=O) groups is 1. The summed E-state index contributed by atoms with van der Waals surface area (Å²) in [5, 5.41) is 9.28. The van der Waals surface area contributed by atoms with Crippen LogP contribution in [0.3, 0.4) is 0 Å². The van der Waals surface area contributed by atoms with Crippen molar-refractivity contribution in [2.24, 2.45) is 0 Å². The van der Waals surface area contributed by atoms with Crippen molar-refractivity contribution in [1.29, 1.82) is 0 Å². The SMILES string of the molecule is C=CCC(C)(C)c1csc(NC(=O)Cc2csc3ccc(Cl)cc23)n1. The molecule has 6 heteroatoms. The summed E-state index contributed by atoms with van der Waals surface area (Å²) in [7, 11) is 0. The molecule has 0 aliphatic carbocycles. The van der Waals surface area contributed by atoms with Crippen LogP contribution in [-0.4, -0.2) is 10.9 Å². The van der Waals surface area contributed by atoms with E-state index in [0.29, 0.717) is 16.6 Å². The molecule has 0 bridgehead atoms. The monoisotopic (exact) mass is 390 g/mol. The molecule has 3 rings (SSSR count). The highest BCUT2D eigenvalue weighted by Gasteiger charge is 2.22.